The number of aryl methyl sites for hydroxylation is 2. The summed E-state index contributed by atoms with van der Waals surface area (Å²) in [6.45, 7) is 5.12. The van der Waals surface area contributed by atoms with Gasteiger partial charge in [0.2, 0.25) is 0 Å². The largest absolute Gasteiger partial charge is 0.550 e. The van der Waals surface area contributed by atoms with Crippen LogP contribution in [0.25, 0.3) is 0 Å². The highest BCUT2D eigenvalue weighted by molar-refractivity contribution is 5.67. The van der Waals surface area contributed by atoms with Crippen LogP contribution < -0.4 is 9.67 Å². The molecule has 3 heteroatoms. The summed E-state index contributed by atoms with van der Waals surface area (Å²) < 4.78 is 2.06. The molecule has 0 unspecified atom stereocenters. The third kappa shape index (κ3) is 4.17. The maximum Gasteiger partial charge on any atom is 0.190 e. The van der Waals surface area contributed by atoms with Crippen LogP contribution in [-0.4, -0.2) is 5.97 Å². The molecule has 1 aromatic heterocycles. The maximum atomic E-state index is 10.8. The second kappa shape index (κ2) is 7.05. The van der Waals surface area contributed by atoms with Crippen molar-refractivity contribution in [3.8, 4) is 0 Å². The minimum atomic E-state index is -1.00. The number of carboxylic acid groups (broad SMARTS) is 1. The number of hydrogen-bond donors (Lipinski definition) is 0. The summed E-state index contributed by atoms with van der Waals surface area (Å²) in [5.74, 6) is -1.00. The molecule has 0 aliphatic carbocycles. The summed E-state index contributed by atoms with van der Waals surface area (Å²) in [6, 6.07) is 4.02. The van der Waals surface area contributed by atoms with Gasteiger partial charge in [0.25, 0.3) is 0 Å². The lowest BCUT2D eigenvalue weighted by Crippen LogP contribution is -2.42. The fourth-order valence-corrected chi connectivity index (χ4v) is 2.02. The number of carbonyl (C=O) groups is 1. The van der Waals surface area contributed by atoms with Crippen LogP contribution in [0.3, 0.4) is 0 Å². The van der Waals surface area contributed by atoms with Crippen molar-refractivity contribution in [2.45, 2.75) is 52.5 Å². The van der Waals surface area contributed by atoms with Crippen molar-refractivity contribution in [2.24, 2.45) is 0 Å². The Morgan fingerprint density at radius 2 is 2.12 bits per heavy atom. The molecule has 0 aliphatic rings. The standard InChI is InChI=1S/C14H21NO2/c1-3-5-9-15-10-6-8-12(7-4-2)13(15)11-14(16)17/h6,8,10H,3-5,7,9,11H2,1-2H3. The average molecular weight is 235 g/mol. The zero-order chi connectivity index (χ0) is 12.7. The van der Waals surface area contributed by atoms with Crippen LogP contribution >= 0.6 is 0 Å². The zero-order valence-corrected chi connectivity index (χ0v) is 10.7. The van der Waals surface area contributed by atoms with Crippen LogP contribution in [0, 0.1) is 0 Å². The van der Waals surface area contributed by atoms with Crippen LogP contribution in [0.2, 0.25) is 0 Å². The van der Waals surface area contributed by atoms with Crippen LogP contribution in [0.15, 0.2) is 18.3 Å². The number of carbonyl (C=O) groups excluding carboxylic acids is 1. The predicted octanol–water partition coefficient (Wildman–Crippen LogP) is 1.02. The molecule has 0 saturated carbocycles. The second-order valence-corrected chi connectivity index (χ2v) is 4.33. The maximum absolute atomic E-state index is 10.8. The van der Waals surface area contributed by atoms with Gasteiger partial charge in [-0.2, -0.15) is 0 Å². The Hall–Kier alpha value is -1.38. The molecular formula is C14H21NO2. The smallest absolute Gasteiger partial charge is 0.190 e. The third-order valence-electron chi connectivity index (χ3n) is 2.86. The monoisotopic (exact) mass is 235 g/mol. The van der Waals surface area contributed by atoms with Crippen molar-refractivity contribution in [2.75, 3.05) is 0 Å². The Bertz CT molecular complexity index is 374. The summed E-state index contributed by atoms with van der Waals surface area (Å²) in [5, 5.41) is 10.8. The minimum absolute atomic E-state index is 0.0138. The molecule has 0 amide bonds. The Balaban J connectivity index is 3.00. The van der Waals surface area contributed by atoms with E-state index in [1.807, 2.05) is 18.3 Å². The molecule has 1 heterocycles. The van der Waals surface area contributed by atoms with E-state index in [-0.39, 0.29) is 6.42 Å². The van der Waals surface area contributed by atoms with Crippen molar-refractivity contribution < 1.29 is 14.5 Å². The SMILES string of the molecule is CCCC[n+]1cccc(CCC)c1CC(=O)[O-]. The molecule has 94 valence electrons. The molecule has 1 rings (SSSR count). The van der Waals surface area contributed by atoms with Gasteiger partial charge in [0, 0.05) is 18.1 Å². The Morgan fingerprint density at radius 1 is 1.35 bits per heavy atom. The highest BCUT2D eigenvalue weighted by atomic mass is 16.4. The van der Waals surface area contributed by atoms with E-state index in [2.05, 4.69) is 18.4 Å². The normalized spacial score (nSPS) is 10.5. The van der Waals surface area contributed by atoms with E-state index in [0.29, 0.717) is 0 Å². The van der Waals surface area contributed by atoms with Gasteiger partial charge in [0.15, 0.2) is 11.9 Å². The topological polar surface area (TPSA) is 44.0 Å². The summed E-state index contributed by atoms with van der Waals surface area (Å²) >= 11 is 0. The minimum Gasteiger partial charge on any atom is -0.550 e. The first kappa shape index (κ1) is 13.7. The quantitative estimate of drug-likeness (QED) is 0.662. The van der Waals surface area contributed by atoms with E-state index in [1.165, 1.54) is 0 Å². The Kier molecular flexibility index (Phi) is 5.67. The van der Waals surface area contributed by atoms with E-state index >= 15 is 0 Å². The first-order valence-corrected chi connectivity index (χ1v) is 6.39. The van der Waals surface area contributed by atoms with Gasteiger partial charge >= 0.3 is 0 Å². The summed E-state index contributed by atoms with van der Waals surface area (Å²) in [4.78, 5) is 10.8. The van der Waals surface area contributed by atoms with Crippen molar-refractivity contribution in [1.29, 1.82) is 0 Å². The molecule has 0 N–H and O–H groups in total. The van der Waals surface area contributed by atoms with Gasteiger partial charge in [0.05, 0.1) is 12.4 Å². The summed E-state index contributed by atoms with van der Waals surface area (Å²) in [6.07, 6.45) is 6.11. The number of aromatic nitrogens is 1. The number of carboxylic acids is 1. The number of hydrogen-bond acceptors (Lipinski definition) is 2. The molecule has 0 atom stereocenters. The van der Waals surface area contributed by atoms with Gasteiger partial charge in [-0.05, 0) is 12.5 Å². The number of unbranched alkanes of at least 4 members (excludes halogenated alkanes) is 1. The molecular weight excluding hydrogens is 214 g/mol. The van der Waals surface area contributed by atoms with Crippen LogP contribution in [0.5, 0.6) is 0 Å². The van der Waals surface area contributed by atoms with Crippen LogP contribution in [-0.2, 0) is 24.2 Å². The molecule has 0 aliphatic heterocycles. The lowest BCUT2D eigenvalue weighted by Gasteiger charge is -2.09. The molecule has 0 radical (unpaired) electrons. The van der Waals surface area contributed by atoms with Gasteiger partial charge in [-0.3, -0.25) is 0 Å². The lowest BCUT2D eigenvalue weighted by molar-refractivity contribution is -0.704. The molecule has 0 spiro atoms. The highest BCUT2D eigenvalue weighted by Gasteiger charge is 2.15. The van der Waals surface area contributed by atoms with E-state index in [9.17, 15) is 9.90 Å². The van der Waals surface area contributed by atoms with Crippen molar-refractivity contribution in [1.82, 2.24) is 0 Å². The van der Waals surface area contributed by atoms with E-state index in [1.54, 1.807) is 0 Å². The van der Waals surface area contributed by atoms with Crippen LogP contribution in [0.1, 0.15) is 44.4 Å². The molecule has 0 saturated heterocycles. The van der Waals surface area contributed by atoms with E-state index in [4.69, 9.17) is 0 Å². The highest BCUT2D eigenvalue weighted by Crippen LogP contribution is 2.08. The fourth-order valence-electron chi connectivity index (χ4n) is 2.02. The molecule has 17 heavy (non-hydrogen) atoms. The van der Waals surface area contributed by atoms with Gasteiger partial charge < -0.3 is 9.90 Å². The fraction of sp³-hybridized carbons (Fsp3) is 0.571. The van der Waals surface area contributed by atoms with Gasteiger partial charge in [0.1, 0.15) is 6.54 Å². The van der Waals surface area contributed by atoms with Crippen molar-refractivity contribution in [3.05, 3.63) is 29.6 Å². The number of pyridine rings is 1. The Labute approximate surface area is 103 Å². The second-order valence-electron chi connectivity index (χ2n) is 4.33. The Morgan fingerprint density at radius 3 is 2.71 bits per heavy atom. The van der Waals surface area contributed by atoms with Gasteiger partial charge in [-0.1, -0.05) is 26.7 Å². The average Bonchev–Trinajstić information content (AvgIpc) is 2.29. The molecule has 0 fully saturated rings. The predicted molar refractivity (Wildman–Crippen MR) is 64.3 cm³/mol. The molecule has 3 nitrogen and oxygen atoms in total. The van der Waals surface area contributed by atoms with E-state index < -0.39 is 5.97 Å². The lowest BCUT2D eigenvalue weighted by atomic mass is 10.1. The first-order chi connectivity index (χ1) is 8.19. The number of rotatable bonds is 7. The number of nitrogens with zero attached hydrogens (tertiary/aromatic N) is 1. The van der Waals surface area contributed by atoms with Gasteiger partial charge in [-0.15, -0.1) is 0 Å². The van der Waals surface area contributed by atoms with E-state index in [0.717, 1.165) is 43.5 Å². The molecule has 0 aromatic carbocycles. The van der Waals surface area contributed by atoms with Gasteiger partial charge in [-0.25, -0.2) is 4.57 Å². The third-order valence-corrected chi connectivity index (χ3v) is 2.86. The van der Waals surface area contributed by atoms with Crippen molar-refractivity contribution >= 4 is 5.97 Å². The molecule has 0 bridgehead atoms. The molecule has 1 aromatic rings. The summed E-state index contributed by atoms with van der Waals surface area (Å²) in [5.41, 5.74) is 2.04. The summed E-state index contributed by atoms with van der Waals surface area (Å²) in [7, 11) is 0. The number of aliphatic carboxylic acids is 1. The van der Waals surface area contributed by atoms with Crippen LogP contribution in [0.4, 0.5) is 0 Å². The zero-order valence-electron chi connectivity index (χ0n) is 10.7. The van der Waals surface area contributed by atoms with Crippen molar-refractivity contribution in [3.63, 3.8) is 0 Å². The first-order valence-electron chi connectivity index (χ1n) is 6.39.